The lowest BCUT2D eigenvalue weighted by Gasteiger charge is -2.08. The molecule has 0 aliphatic carbocycles. The van der Waals surface area contributed by atoms with E-state index in [9.17, 15) is 0 Å². The summed E-state index contributed by atoms with van der Waals surface area (Å²) in [5, 5.41) is 1.22. The summed E-state index contributed by atoms with van der Waals surface area (Å²) in [7, 11) is 0. The maximum absolute atomic E-state index is 5.56. The first-order chi connectivity index (χ1) is 9.81. The van der Waals surface area contributed by atoms with Crippen molar-refractivity contribution in [1.82, 2.24) is 4.98 Å². The average molecular weight is 261 g/mol. The average Bonchev–Trinajstić information content (AvgIpc) is 2.94. The fourth-order valence-corrected chi connectivity index (χ4v) is 2.84. The summed E-state index contributed by atoms with van der Waals surface area (Å²) in [5.74, 6) is 1.02. The first-order valence-corrected chi connectivity index (χ1v) is 6.94. The second-order valence-electron chi connectivity index (χ2n) is 5.26. The quantitative estimate of drug-likeness (QED) is 0.656. The third kappa shape index (κ3) is 1.76. The van der Waals surface area contributed by atoms with Crippen LogP contribution in [0.15, 0.2) is 48.5 Å². The molecule has 0 bridgehead atoms. The summed E-state index contributed by atoms with van der Waals surface area (Å²) in [4.78, 5) is 4.79. The molecule has 20 heavy (non-hydrogen) atoms. The molecule has 2 aromatic carbocycles. The molecule has 0 saturated carbocycles. The standard InChI is InChI=1S/C18H15NO/c1-12-10-17(19-16-5-3-2-4-15(12)16)13-6-7-18-14(11-13)8-9-20-18/h2-7,10-11H,8-9H2,1H3. The largest absolute Gasteiger partial charge is 0.493 e. The van der Waals surface area contributed by atoms with Crippen LogP contribution in [0, 0.1) is 6.92 Å². The number of aryl methyl sites for hydroxylation is 1. The van der Waals surface area contributed by atoms with Gasteiger partial charge in [0.1, 0.15) is 5.75 Å². The predicted molar refractivity (Wildman–Crippen MR) is 81.1 cm³/mol. The molecule has 98 valence electrons. The molecule has 2 nitrogen and oxygen atoms in total. The van der Waals surface area contributed by atoms with Crippen LogP contribution in [0.25, 0.3) is 22.2 Å². The number of nitrogens with zero attached hydrogens (tertiary/aromatic N) is 1. The molecule has 0 amide bonds. The molecule has 1 aromatic heterocycles. The first kappa shape index (κ1) is 11.5. The van der Waals surface area contributed by atoms with Gasteiger partial charge in [-0.2, -0.15) is 0 Å². The summed E-state index contributed by atoms with van der Waals surface area (Å²) in [6.45, 7) is 2.94. The summed E-state index contributed by atoms with van der Waals surface area (Å²) in [6.07, 6.45) is 0.996. The zero-order valence-electron chi connectivity index (χ0n) is 11.4. The number of para-hydroxylation sites is 1. The monoisotopic (exact) mass is 261 g/mol. The lowest BCUT2D eigenvalue weighted by Crippen LogP contribution is -1.89. The minimum absolute atomic E-state index is 0.795. The van der Waals surface area contributed by atoms with E-state index in [1.54, 1.807) is 0 Å². The molecule has 0 unspecified atom stereocenters. The number of benzene rings is 2. The van der Waals surface area contributed by atoms with E-state index in [0.717, 1.165) is 30.0 Å². The lowest BCUT2D eigenvalue weighted by atomic mass is 10.0. The molecule has 1 aliphatic heterocycles. The van der Waals surface area contributed by atoms with E-state index in [4.69, 9.17) is 9.72 Å². The minimum Gasteiger partial charge on any atom is -0.493 e. The highest BCUT2D eigenvalue weighted by Gasteiger charge is 2.13. The van der Waals surface area contributed by atoms with Crippen molar-refractivity contribution in [2.75, 3.05) is 6.61 Å². The minimum atomic E-state index is 0.795. The van der Waals surface area contributed by atoms with Gasteiger partial charge in [0.25, 0.3) is 0 Å². The Morgan fingerprint density at radius 2 is 1.95 bits per heavy atom. The van der Waals surface area contributed by atoms with Crippen molar-refractivity contribution in [3.63, 3.8) is 0 Å². The van der Waals surface area contributed by atoms with Gasteiger partial charge in [-0.25, -0.2) is 4.98 Å². The Balaban J connectivity index is 1.90. The van der Waals surface area contributed by atoms with Crippen LogP contribution < -0.4 is 4.74 Å². The Hall–Kier alpha value is -2.35. The molecule has 0 fully saturated rings. The highest BCUT2D eigenvalue weighted by atomic mass is 16.5. The molecule has 0 spiro atoms. The molecule has 1 aliphatic rings. The van der Waals surface area contributed by atoms with Gasteiger partial charge in [-0.15, -0.1) is 0 Å². The molecule has 0 N–H and O–H groups in total. The fourth-order valence-electron chi connectivity index (χ4n) is 2.84. The number of ether oxygens (including phenoxy) is 1. The van der Waals surface area contributed by atoms with Crippen molar-refractivity contribution >= 4 is 10.9 Å². The van der Waals surface area contributed by atoms with Crippen molar-refractivity contribution in [2.24, 2.45) is 0 Å². The Morgan fingerprint density at radius 3 is 2.90 bits per heavy atom. The van der Waals surface area contributed by atoms with Crippen LogP contribution in [0.2, 0.25) is 0 Å². The Kier molecular flexibility index (Phi) is 2.49. The topological polar surface area (TPSA) is 22.1 Å². The van der Waals surface area contributed by atoms with Crippen molar-refractivity contribution in [2.45, 2.75) is 13.3 Å². The van der Waals surface area contributed by atoms with Gasteiger partial charge in [-0.1, -0.05) is 18.2 Å². The summed E-state index contributed by atoms with van der Waals surface area (Å²) >= 11 is 0. The zero-order valence-corrected chi connectivity index (χ0v) is 11.4. The molecule has 2 heteroatoms. The van der Waals surface area contributed by atoms with Gasteiger partial charge < -0.3 is 4.74 Å². The molecule has 3 aromatic rings. The molecular formula is C18H15NO. The van der Waals surface area contributed by atoms with Crippen LogP contribution in [0.5, 0.6) is 5.75 Å². The van der Waals surface area contributed by atoms with Crippen LogP contribution >= 0.6 is 0 Å². The summed E-state index contributed by atoms with van der Waals surface area (Å²) < 4.78 is 5.56. The normalized spacial score (nSPS) is 13.2. The van der Waals surface area contributed by atoms with E-state index in [0.29, 0.717) is 0 Å². The van der Waals surface area contributed by atoms with Crippen LogP contribution in [0.4, 0.5) is 0 Å². The van der Waals surface area contributed by atoms with Crippen LogP contribution in [-0.2, 0) is 6.42 Å². The van der Waals surface area contributed by atoms with Gasteiger partial charge >= 0.3 is 0 Å². The van der Waals surface area contributed by atoms with Crippen molar-refractivity contribution in [3.8, 4) is 17.0 Å². The lowest BCUT2D eigenvalue weighted by molar-refractivity contribution is 0.357. The Bertz CT molecular complexity index is 808. The molecule has 0 radical (unpaired) electrons. The Morgan fingerprint density at radius 1 is 1.05 bits per heavy atom. The number of fused-ring (bicyclic) bond motifs is 2. The maximum atomic E-state index is 5.56. The summed E-state index contributed by atoms with van der Waals surface area (Å²) in [6, 6.07) is 16.8. The highest BCUT2D eigenvalue weighted by Crippen LogP contribution is 2.31. The van der Waals surface area contributed by atoms with Crippen molar-refractivity contribution in [3.05, 3.63) is 59.7 Å². The van der Waals surface area contributed by atoms with E-state index in [2.05, 4.69) is 49.4 Å². The van der Waals surface area contributed by atoms with Crippen LogP contribution in [0.3, 0.4) is 0 Å². The van der Waals surface area contributed by atoms with Crippen LogP contribution in [0.1, 0.15) is 11.1 Å². The highest BCUT2D eigenvalue weighted by molar-refractivity contribution is 5.85. The van der Waals surface area contributed by atoms with Crippen molar-refractivity contribution < 1.29 is 4.74 Å². The van der Waals surface area contributed by atoms with Gasteiger partial charge in [0.2, 0.25) is 0 Å². The SMILES string of the molecule is Cc1cc(-c2ccc3c(c2)CCO3)nc2ccccc12. The van der Waals surface area contributed by atoms with Gasteiger partial charge in [0.15, 0.2) is 0 Å². The predicted octanol–water partition coefficient (Wildman–Crippen LogP) is 4.15. The van der Waals surface area contributed by atoms with E-state index in [1.165, 1.54) is 22.1 Å². The maximum Gasteiger partial charge on any atom is 0.122 e. The molecule has 4 rings (SSSR count). The van der Waals surface area contributed by atoms with E-state index in [1.807, 2.05) is 6.07 Å². The third-order valence-electron chi connectivity index (χ3n) is 3.91. The van der Waals surface area contributed by atoms with Gasteiger partial charge in [0, 0.05) is 17.4 Å². The van der Waals surface area contributed by atoms with Crippen molar-refractivity contribution in [1.29, 1.82) is 0 Å². The van der Waals surface area contributed by atoms with E-state index >= 15 is 0 Å². The van der Waals surface area contributed by atoms with E-state index < -0.39 is 0 Å². The fraction of sp³-hybridized carbons (Fsp3) is 0.167. The Labute approximate surface area is 118 Å². The molecule has 0 saturated heterocycles. The smallest absolute Gasteiger partial charge is 0.122 e. The zero-order chi connectivity index (χ0) is 13.5. The molecule has 0 atom stereocenters. The molecular weight excluding hydrogens is 246 g/mol. The summed E-state index contributed by atoms with van der Waals surface area (Å²) in [5.41, 5.74) is 5.82. The van der Waals surface area contributed by atoms with Gasteiger partial charge in [-0.05, 0) is 48.4 Å². The number of hydrogen-bond acceptors (Lipinski definition) is 2. The second-order valence-corrected chi connectivity index (χ2v) is 5.26. The third-order valence-corrected chi connectivity index (χ3v) is 3.91. The van der Waals surface area contributed by atoms with Gasteiger partial charge in [0.05, 0.1) is 17.8 Å². The molecule has 2 heterocycles. The van der Waals surface area contributed by atoms with Crippen LogP contribution in [-0.4, -0.2) is 11.6 Å². The number of hydrogen-bond donors (Lipinski definition) is 0. The number of aromatic nitrogens is 1. The number of rotatable bonds is 1. The van der Waals surface area contributed by atoms with E-state index in [-0.39, 0.29) is 0 Å². The first-order valence-electron chi connectivity index (χ1n) is 6.94. The second kappa shape index (κ2) is 4.34. The number of pyridine rings is 1. The van der Waals surface area contributed by atoms with Gasteiger partial charge in [-0.3, -0.25) is 0 Å².